The molecule has 3 fully saturated rings. The fourth-order valence-electron chi connectivity index (χ4n) is 3.40. The molecule has 10 heteroatoms. The monoisotopic (exact) mass is 402 g/mol. The van der Waals surface area contributed by atoms with Gasteiger partial charge in [-0.15, -0.1) is 0 Å². The number of aliphatic hydroxyl groups excluding tert-OH is 7. The Labute approximate surface area is 161 Å². The Morgan fingerprint density at radius 1 is 0.750 bits per heavy atom. The van der Waals surface area contributed by atoms with Gasteiger partial charge in [-0.3, -0.25) is 0 Å². The molecule has 0 aromatic heterocycles. The molecule has 10 nitrogen and oxygen atoms in total. The zero-order chi connectivity index (χ0) is 20.4. The third-order valence-electron chi connectivity index (χ3n) is 5.11. The van der Waals surface area contributed by atoms with Crippen LogP contribution in [0.15, 0.2) is 30.3 Å². The first-order chi connectivity index (χ1) is 13.3. The van der Waals surface area contributed by atoms with Gasteiger partial charge < -0.3 is 50.0 Å². The Hall–Kier alpha value is -1.18. The average Bonchev–Trinajstić information content (AvgIpc) is 3.18. The van der Waals surface area contributed by atoms with Crippen LogP contribution in [-0.4, -0.2) is 104 Å². The highest BCUT2D eigenvalue weighted by molar-refractivity contribution is 5.20. The maximum atomic E-state index is 9.86. The van der Waals surface area contributed by atoms with Gasteiger partial charge in [-0.25, -0.2) is 0 Å². The van der Waals surface area contributed by atoms with Crippen LogP contribution >= 0.6 is 0 Å². The smallest absolute Gasteiger partial charge is 0.186 e. The van der Waals surface area contributed by atoms with Crippen LogP contribution in [0.3, 0.4) is 0 Å². The molecular formula is C18H26O10. The second-order valence-electron chi connectivity index (χ2n) is 7.01. The minimum absolute atomic E-state index is 0.236. The third-order valence-corrected chi connectivity index (χ3v) is 5.11. The van der Waals surface area contributed by atoms with Crippen LogP contribution < -0.4 is 0 Å². The molecule has 3 aliphatic rings. The lowest BCUT2D eigenvalue weighted by Gasteiger charge is -2.40. The Kier molecular flexibility index (Phi) is 6.99. The maximum Gasteiger partial charge on any atom is 0.186 e. The normalized spacial score (nSPS) is 45.2. The van der Waals surface area contributed by atoms with E-state index in [-0.39, 0.29) is 6.61 Å². The van der Waals surface area contributed by atoms with Gasteiger partial charge in [0.15, 0.2) is 6.29 Å². The van der Waals surface area contributed by atoms with Crippen molar-refractivity contribution in [3.8, 4) is 0 Å². The van der Waals surface area contributed by atoms with Gasteiger partial charge in [0.25, 0.3) is 0 Å². The summed E-state index contributed by atoms with van der Waals surface area (Å²) in [5, 5.41) is 65.7. The molecule has 7 N–H and O–H groups in total. The van der Waals surface area contributed by atoms with E-state index in [9.17, 15) is 25.5 Å². The molecule has 0 aliphatic carbocycles. The summed E-state index contributed by atoms with van der Waals surface area (Å²) >= 11 is 0. The van der Waals surface area contributed by atoms with Crippen molar-refractivity contribution in [2.75, 3.05) is 13.2 Å². The summed E-state index contributed by atoms with van der Waals surface area (Å²) in [5.41, 5.74) is 0.699. The Bertz CT molecular complexity index is 594. The minimum atomic E-state index is -1.33. The molecule has 2 unspecified atom stereocenters. The van der Waals surface area contributed by atoms with Crippen molar-refractivity contribution >= 4 is 0 Å². The number of hydrogen-bond acceptors (Lipinski definition) is 10. The van der Waals surface area contributed by atoms with Crippen LogP contribution in [0.2, 0.25) is 0 Å². The molecular weight excluding hydrogens is 376 g/mol. The van der Waals surface area contributed by atoms with Gasteiger partial charge >= 0.3 is 0 Å². The number of aliphatic hydroxyl groups is 7. The van der Waals surface area contributed by atoms with Crippen molar-refractivity contribution in [3.63, 3.8) is 0 Å². The van der Waals surface area contributed by atoms with E-state index < -0.39 is 67.8 Å². The first-order valence-electron chi connectivity index (χ1n) is 9.02. The highest BCUT2D eigenvalue weighted by atomic mass is 16.7. The molecule has 0 saturated carbocycles. The summed E-state index contributed by atoms with van der Waals surface area (Å²) in [6.07, 6.45) is -10.0. The summed E-state index contributed by atoms with van der Waals surface area (Å²) in [4.78, 5) is 0. The standard InChI is InChI=1S/C12H16O5.C6H10O5/c13-6-8-9(14)10(15)11(16)12(17-8)7-4-2-1-3-5-7;7-3-2-1-10-6(11-2)5(9)4(3)8/h1-5,8-16H,6H2;2-9H,1H2/t8-,9-,10+,11-,12+;2-,3?,4+,5?,6-/m11/s1. The topological polar surface area (TPSA) is 169 Å². The molecule has 0 spiro atoms. The number of fused-ring (bicyclic) bond motifs is 2. The average molecular weight is 402 g/mol. The Morgan fingerprint density at radius 3 is 2.04 bits per heavy atom. The van der Waals surface area contributed by atoms with Gasteiger partial charge in [0, 0.05) is 0 Å². The van der Waals surface area contributed by atoms with E-state index in [1.807, 2.05) is 6.07 Å². The van der Waals surface area contributed by atoms with E-state index in [1.54, 1.807) is 24.3 Å². The predicted octanol–water partition coefficient (Wildman–Crippen LogP) is -2.97. The van der Waals surface area contributed by atoms with E-state index in [4.69, 9.17) is 24.4 Å². The predicted molar refractivity (Wildman–Crippen MR) is 91.8 cm³/mol. The SMILES string of the molecule is OC1[C@@H]2OC[C@@H](O2)C(O)[C@@H]1O.OC[C@H]1O[C@@H](c2ccccc2)[C@H](O)[C@@H](O)[C@@H]1O. The van der Waals surface area contributed by atoms with Crippen molar-refractivity contribution in [3.05, 3.63) is 35.9 Å². The fourth-order valence-corrected chi connectivity index (χ4v) is 3.40. The lowest BCUT2D eigenvalue weighted by Crippen LogP contribution is -2.55. The van der Waals surface area contributed by atoms with Gasteiger partial charge in [0.2, 0.25) is 0 Å². The van der Waals surface area contributed by atoms with Gasteiger partial charge in [-0.2, -0.15) is 0 Å². The van der Waals surface area contributed by atoms with E-state index in [0.29, 0.717) is 5.56 Å². The highest BCUT2D eigenvalue weighted by Crippen LogP contribution is 2.32. The zero-order valence-electron chi connectivity index (χ0n) is 14.9. The second kappa shape index (κ2) is 9.09. The van der Waals surface area contributed by atoms with Gasteiger partial charge in [-0.1, -0.05) is 30.3 Å². The van der Waals surface area contributed by atoms with Crippen LogP contribution in [0.5, 0.6) is 0 Å². The first kappa shape index (κ1) is 21.5. The van der Waals surface area contributed by atoms with E-state index in [2.05, 4.69) is 0 Å². The summed E-state index contributed by atoms with van der Waals surface area (Å²) in [6, 6.07) is 8.92. The maximum absolute atomic E-state index is 9.86. The van der Waals surface area contributed by atoms with Crippen LogP contribution in [0.1, 0.15) is 11.7 Å². The van der Waals surface area contributed by atoms with Gasteiger partial charge in [0.1, 0.15) is 54.9 Å². The molecule has 3 heterocycles. The van der Waals surface area contributed by atoms with Crippen LogP contribution in [0.4, 0.5) is 0 Å². The van der Waals surface area contributed by atoms with Crippen molar-refractivity contribution in [1.29, 1.82) is 0 Å². The summed E-state index contributed by atoms with van der Waals surface area (Å²) < 4.78 is 15.4. The molecule has 158 valence electrons. The largest absolute Gasteiger partial charge is 0.394 e. The molecule has 3 aliphatic heterocycles. The molecule has 10 atom stereocenters. The molecule has 3 saturated heterocycles. The first-order valence-corrected chi connectivity index (χ1v) is 9.02. The Morgan fingerprint density at radius 2 is 1.39 bits per heavy atom. The van der Waals surface area contributed by atoms with E-state index in [0.717, 1.165) is 0 Å². The quantitative estimate of drug-likeness (QED) is 0.271. The van der Waals surface area contributed by atoms with Gasteiger partial charge in [0.05, 0.1) is 13.2 Å². The molecule has 4 rings (SSSR count). The Balaban J connectivity index is 0.000000176. The lowest BCUT2D eigenvalue weighted by atomic mass is 9.91. The fraction of sp³-hybridized carbons (Fsp3) is 0.667. The molecule has 28 heavy (non-hydrogen) atoms. The van der Waals surface area contributed by atoms with E-state index in [1.165, 1.54) is 0 Å². The van der Waals surface area contributed by atoms with E-state index >= 15 is 0 Å². The molecule has 0 radical (unpaired) electrons. The summed E-state index contributed by atoms with van der Waals surface area (Å²) in [5.74, 6) is 0. The minimum Gasteiger partial charge on any atom is -0.394 e. The summed E-state index contributed by atoms with van der Waals surface area (Å²) in [7, 11) is 0. The van der Waals surface area contributed by atoms with Crippen molar-refractivity contribution in [2.24, 2.45) is 0 Å². The van der Waals surface area contributed by atoms with Crippen LogP contribution in [-0.2, 0) is 14.2 Å². The molecule has 1 aromatic carbocycles. The number of benzene rings is 1. The highest BCUT2D eigenvalue weighted by Gasteiger charge is 2.48. The lowest BCUT2D eigenvalue weighted by molar-refractivity contribution is -0.231. The van der Waals surface area contributed by atoms with Crippen LogP contribution in [0.25, 0.3) is 0 Å². The number of rotatable bonds is 2. The van der Waals surface area contributed by atoms with Crippen molar-refractivity contribution in [2.45, 2.75) is 61.2 Å². The van der Waals surface area contributed by atoms with Crippen LogP contribution in [0, 0.1) is 0 Å². The molecule has 2 bridgehead atoms. The number of ether oxygens (including phenoxy) is 3. The second-order valence-corrected chi connectivity index (χ2v) is 7.01. The number of hydrogen-bond donors (Lipinski definition) is 7. The molecule has 0 amide bonds. The zero-order valence-corrected chi connectivity index (χ0v) is 14.9. The molecule has 1 aromatic rings. The third kappa shape index (κ3) is 4.21. The van der Waals surface area contributed by atoms with Gasteiger partial charge in [-0.05, 0) is 5.56 Å². The van der Waals surface area contributed by atoms with Crippen molar-refractivity contribution < 1.29 is 50.0 Å². The van der Waals surface area contributed by atoms with Crippen molar-refractivity contribution in [1.82, 2.24) is 0 Å². The summed E-state index contributed by atoms with van der Waals surface area (Å²) in [6.45, 7) is -0.172.